The molecule has 1 heterocycles. The minimum atomic E-state index is -0.185. The second-order valence-corrected chi connectivity index (χ2v) is 8.80. The summed E-state index contributed by atoms with van der Waals surface area (Å²) in [6.45, 7) is 7.22. The van der Waals surface area contributed by atoms with Gasteiger partial charge in [-0.05, 0) is 62.7 Å². The number of ether oxygens (including phenoxy) is 2. The van der Waals surface area contributed by atoms with Crippen LogP contribution >= 0.6 is 0 Å². The number of carbonyl (C=O) groups excluding carboxylic acids is 2. The van der Waals surface area contributed by atoms with Gasteiger partial charge in [0.25, 0.3) is 5.91 Å². The molecule has 1 aliphatic carbocycles. The van der Waals surface area contributed by atoms with Gasteiger partial charge in [-0.3, -0.25) is 14.6 Å². The molecule has 1 fully saturated rings. The first kappa shape index (κ1) is 22.8. The van der Waals surface area contributed by atoms with E-state index in [1.807, 2.05) is 69.9 Å². The fraction of sp³-hybridized carbons (Fsp3) is 0.360. The summed E-state index contributed by atoms with van der Waals surface area (Å²) in [5.41, 5.74) is 4.11. The van der Waals surface area contributed by atoms with E-state index in [9.17, 15) is 9.59 Å². The predicted octanol–water partition coefficient (Wildman–Crippen LogP) is 2.84. The number of rotatable bonds is 8. The van der Waals surface area contributed by atoms with Crippen molar-refractivity contribution in [2.75, 3.05) is 24.6 Å². The van der Waals surface area contributed by atoms with Crippen LogP contribution in [0.1, 0.15) is 25.8 Å². The molecule has 2 unspecified atom stereocenters. The first-order valence-electron chi connectivity index (χ1n) is 11.4. The van der Waals surface area contributed by atoms with E-state index >= 15 is 0 Å². The highest BCUT2D eigenvalue weighted by Crippen LogP contribution is 2.34. The van der Waals surface area contributed by atoms with Crippen LogP contribution in [0.2, 0.25) is 0 Å². The molecule has 1 aliphatic heterocycles. The van der Waals surface area contributed by atoms with Crippen molar-refractivity contribution in [2.24, 2.45) is 0 Å². The van der Waals surface area contributed by atoms with Gasteiger partial charge in [0, 0.05) is 30.9 Å². The topological polar surface area (TPSA) is 71.1 Å². The third kappa shape index (κ3) is 5.16. The summed E-state index contributed by atoms with van der Waals surface area (Å²) in [5.74, 6) is 1.19. The van der Waals surface area contributed by atoms with E-state index in [2.05, 4.69) is 5.32 Å². The lowest BCUT2D eigenvalue weighted by Gasteiger charge is -2.36. The Balaban J connectivity index is 1.27. The average Bonchev–Trinajstić information content (AvgIpc) is 3.16. The standard InChI is InChI=1S/C25H30BN3O4/c1-16-4-6-19(7-5-16)28-12-13-29(25(28)31)23-14-22(17(23)2)27-24(30)15-32-20-8-10-21(11-9-20)33-18(3)26/h4-11,18,22H,12-15,26H2,1-3H3,(H,27,30). The molecular weight excluding hydrogens is 417 g/mol. The summed E-state index contributed by atoms with van der Waals surface area (Å²) in [6.07, 6.45) is 0.645. The molecule has 1 N–H and O–H groups in total. The van der Waals surface area contributed by atoms with Gasteiger partial charge in [-0.25, -0.2) is 4.79 Å². The van der Waals surface area contributed by atoms with Crippen LogP contribution in [0, 0.1) is 6.92 Å². The Kier molecular flexibility index (Phi) is 6.63. The minimum Gasteiger partial charge on any atom is -0.500 e. The number of aryl methyl sites for hydroxylation is 1. The van der Waals surface area contributed by atoms with Gasteiger partial charge in [-0.15, -0.1) is 0 Å². The Bertz CT molecular complexity index is 1050. The third-order valence-electron chi connectivity index (χ3n) is 5.96. The molecule has 2 aromatic carbocycles. The molecular formula is C25H30BN3O4. The fourth-order valence-corrected chi connectivity index (χ4v) is 4.08. The summed E-state index contributed by atoms with van der Waals surface area (Å²) in [7, 11) is 1.97. The number of anilines is 1. The maximum atomic E-state index is 12.9. The van der Waals surface area contributed by atoms with E-state index in [0.717, 1.165) is 22.7 Å². The van der Waals surface area contributed by atoms with Gasteiger partial charge in [-0.2, -0.15) is 0 Å². The van der Waals surface area contributed by atoms with Crippen molar-refractivity contribution in [3.8, 4) is 11.5 Å². The number of carbonyl (C=O) groups is 2. The van der Waals surface area contributed by atoms with Gasteiger partial charge in [-0.1, -0.05) is 17.7 Å². The number of nitrogens with one attached hydrogen (secondary N) is 1. The Hall–Kier alpha value is -3.42. The third-order valence-corrected chi connectivity index (χ3v) is 5.96. The molecule has 2 atom stereocenters. The molecule has 1 saturated heterocycles. The zero-order valence-electron chi connectivity index (χ0n) is 19.6. The summed E-state index contributed by atoms with van der Waals surface area (Å²) in [5, 5.41) is 2.99. The number of amides is 3. The average molecular weight is 447 g/mol. The highest BCUT2D eigenvalue weighted by atomic mass is 16.5. The van der Waals surface area contributed by atoms with Crippen molar-refractivity contribution >= 4 is 25.5 Å². The molecule has 3 amide bonds. The first-order valence-corrected chi connectivity index (χ1v) is 11.4. The molecule has 0 spiro atoms. The predicted molar refractivity (Wildman–Crippen MR) is 130 cm³/mol. The summed E-state index contributed by atoms with van der Waals surface area (Å²) in [6, 6.07) is 15.2. The number of hydrogen-bond donors (Lipinski definition) is 1. The molecule has 33 heavy (non-hydrogen) atoms. The van der Waals surface area contributed by atoms with Crippen LogP contribution in [0.5, 0.6) is 11.5 Å². The Morgan fingerprint density at radius 2 is 1.70 bits per heavy atom. The van der Waals surface area contributed by atoms with Crippen LogP contribution < -0.4 is 19.7 Å². The van der Waals surface area contributed by atoms with Crippen molar-refractivity contribution in [3.63, 3.8) is 0 Å². The van der Waals surface area contributed by atoms with E-state index in [1.54, 1.807) is 17.0 Å². The van der Waals surface area contributed by atoms with Crippen molar-refractivity contribution < 1.29 is 19.1 Å². The maximum Gasteiger partial charge on any atom is 0.328 e. The minimum absolute atomic E-state index is 0.00814. The highest BCUT2D eigenvalue weighted by Gasteiger charge is 2.38. The first-order chi connectivity index (χ1) is 15.8. The van der Waals surface area contributed by atoms with Gasteiger partial charge < -0.3 is 14.8 Å². The Labute approximate surface area is 195 Å². The maximum absolute atomic E-state index is 12.9. The summed E-state index contributed by atoms with van der Waals surface area (Å²) >= 11 is 0. The van der Waals surface area contributed by atoms with Crippen molar-refractivity contribution in [1.29, 1.82) is 0 Å². The van der Waals surface area contributed by atoms with Crippen LogP contribution in [0.25, 0.3) is 0 Å². The number of benzene rings is 2. The van der Waals surface area contributed by atoms with Crippen LogP contribution in [0.3, 0.4) is 0 Å². The van der Waals surface area contributed by atoms with E-state index in [4.69, 9.17) is 9.47 Å². The molecule has 0 radical (unpaired) electrons. The van der Waals surface area contributed by atoms with Crippen molar-refractivity contribution in [3.05, 3.63) is 65.4 Å². The lowest BCUT2D eigenvalue weighted by molar-refractivity contribution is -0.123. The van der Waals surface area contributed by atoms with E-state index in [0.29, 0.717) is 25.3 Å². The normalized spacial score (nSPS) is 18.8. The quantitative estimate of drug-likeness (QED) is 0.632. The second-order valence-electron chi connectivity index (χ2n) is 8.80. The van der Waals surface area contributed by atoms with E-state index in [1.165, 1.54) is 5.56 Å². The van der Waals surface area contributed by atoms with Gasteiger partial charge in [0.1, 0.15) is 11.5 Å². The molecule has 8 heteroatoms. The van der Waals surface area contributed by atoms with E-state index < -0.39 is 0 Å². The number of urea groups is 1. The monoisotopic (exact) mass is 447 g/mol. The fourth-order valence-electron chi connectivity index (χ4n) is 4.08. The molecule has 4 rings (SSSR count). The summed E-state index contributed by atoms with van der Waals surface area (Å²) < 4.78 is 11.2. The molecule has 0 saturated carbocycles. The molecule has 7 nitrogen and oxygen atoms in total. The molecule has 0 aromatic heterocycles. The highest BCUT2D eigenvalue weighted by molar-refractivity contribution is 6.10. The van der Waals surface area contributed by atoms with Gasteiger partial charge in [0.2, 0.25) is 0 Å². The van der Waals surface area contributed by atoms with Crippen LogP contribution in [0.4, 0.5) is 10.5 Å². The van der Waals surface area contributed by atoms with Crippen molar-refractivity contribution in [1.82, 2.24) is 10.2 Å². The Morgan fingerprint density at radius 1 is 1.06 bits per heavy atom. The van der Waals surface area contributed by atoms with Crippen LogP contribution in [0.15, 0.2) is 59.8 Å². The lowest BCUT2D eigenvalue weighted by atomic mass is 9.88. The smallest absolute Gasteiger partial charge is 0.328 e. The van der Waals surface area contributed by atoms with Crippen LogP contribution in [-0.4, -0.2) is 56.4 Å². The van der Waals surface area contributed by atoms with Crippen molar-refractivity contribution in [2.45, 2.75) is 39.2 Å². The van der Waals surface area contributed by atoms with E-state index in [-0.39, 0.29) is 30.6 Å². The number of nitrogens with zero attached hydrogens (tertiary/aromatic N) is 2. The molecule has 172 valence electrons. The summed E-state index contributed by atoms with van der Waals surface area (Å²) in [4.78, 5) is 28.9. The van der Waals surface area contributed by atoms with Gasteiger partial charge >= 0.3 is 6.03 Å². The second kappa shape index (κ2) is 9.61. The zero-order chi connectivity index (χ0) is 23.5. The molecule has 2 aromatic rings. The van der Waals surface area contributed by atoms with Gasteiger partial charge in [0.15, 0.2) is 14.5 Å². The molecule has 0 bridgehead atoms. The number of hydrogen-bond acceptors (Lipinski definition) is 4. The largest absolute Gasteiger partial charge is 0.500 e. The lowest BCUT2D eigenvalue weighted by Crippen LogP contribution is -2.47. The SMILES string of the molecule is BC(C)Oc1ccc(OCC(=O)NC2CC(N3CCN(c4ccc(C)cc4)C3=O)=C2C)cc1. The molecule has 2 aliphatic rings. The zero-order valence-corrected chi connectivity index (χ0v) is 19.6. The Morgan fingerprint density at radius 3 is 2.33 bits per heavy atom. The van der Waals surface area contributed by atoms with Gasteiger partial charge in [0.05, 0.1) is 12.0 Å². The van der Waals surface area contributed by atoms with Crippen LogP contribution in [-0.2, 0) is 4.79 Å².